The van der Waals surface area contributed by atoms with Gasteiger partial charge in [0.05, 0.1) is 7.11 Å². The summed E-state index contributed by atoms with van der Waals surface area (Å²) in [6, 6.07) is 7.17. The molecule has 0 unspecified atom stereocenters. The van der Waals surface area contributed by atoms with Gasteiger partial charge in [0.1, 0.15) is 5.56 Å². The molecular formula is C11H9NO3. The summed E-state index contributed by atoms with van der Waals surface area (Å²) in [5.41, 5.74) is 0.283. The van der Waals surface area contributed by atoms with E-state index in [1.54, 1.807) is 12.1 Å². The first-order chi connectivity index (χ1) is 7.22. The summed E-state index contributed by atoms with van der Waals surface area (Å²) in [5, 5.41) is 12.7. The lowest BCUT2D eigenvalue weighted by atomic mass is 10.1. The second-order valence-electron chi connectivity index (χ2n) is 3.11. The SMILES string of the molecule is COC(=O)c1c[n+]([O-])cc2ccccc12. The lowest BCUT2D eigenvalue weighted by Crippen LogP contribution is -2.26. The van der Waals surface area contributed by atoms with E-state index in [4.69, 9.17) is 0 Å². The summed E-state index contributed by atoms with van der Waals surface area (Å²) in [7, 11) is 1.29. The third-order valence-electron chi connectivity index (χ3n) is 2.18. The van der Waals surface area contributed by atoms with E-state index in [0.29, 0.717) is 4.73 Å². The minimum Gasteiger partial charge on any atom is -0.619 e. The topological polar surface area (TPSA) is 53.2 Å². The molecule has 0 aliphatic rings. The van der Waals surface area contributed by atoms with Gasteiger partial charge in [-0.15, -0.1) is 0 Å². The molecule has 0 bridgehead atoms. The maximum atomic E-state index is 11.4. The molecule has 0 N–H and O–H groups in total. The number of hydrogen-bond acceptors (Lipinski definition) is 3. The van der Waals surface area contributed by atoms with Crippen molar-refractivity contribution in [1.82, 2.24) is 0 Å². The fraction of sp³-hybridized carbons (Fsp3) is 0.0909. The average Bonchev–Trinajstić information content (AvgIpc) is 2.26. The lowest BCUT2D eigenvalue weighted by molar-refractivity contribution is -0.604. The van der Waals surface area contributed by atoms with Gasteiger partial charge in [-0.2, -0.15) is 4.73 Å². The van der Waals surface area contributed by atoms with Crippen molar-refractivity contribution < 1.29 is 14.3 Å². The van der Waals surface area contributed by atoms with Gasteiger partial charge in [0.15, 0.2) is 12.4 Å². The van der Waals surface area contributed by atoms with Crippen LogP contribution in [-0.4, -0.2) is 13.1 Å². The highest BCUT2D eigenvalue weighted by molar-refractivity contribution is 6.03. The van der Waals surface area contributed by atoms with Crippen molar-refractivity contribution in [2.45, 2.75) is 0 Å². The molecule has 1 aromatic heterocycles. The van der Waals surface area contributed by atoms with Gasteiger partial charge in [0, 0.05) is 10.8 Å². The van der Waals surface area contributed by atoms with E-state index in [-0.39, 0.29) is 5.56 Å². The van der Waals surface area contributed by atoms with Gasteiger partial charge in [-0.3, -0.25) is 0 Å². The van der Waals surface area contributed by atoms with Crippen LogP contribution in [0.1, 0.15) is 10.4 Å². The van der Waals surface area contributed by atoms with Crippen molar-refractivity contribution in [2.75, 3.05) is 7.11 Å². The number of esters is 1. The molecule has 0 saturated heterocycles. The molecule has 4 heteroatoms. The number of pyridine rings is 1. The van der Waals surface area contributed by atoms with Crippen LogP contribution in [0.15, 0.2) is 36.7 Å². The Balaban J connectivity index is 2.76. The number of carbonyl (C=O) groups is 1. The molecular weight excluding hydrogens is 194 g/mol. The van der Waals surface area contributed by atoms with Gasteiger partial charge in [-0.25, -0.2) is 4.79 Å². The predicted molar refractivity (Wildman–Crippen MR) is 54.2 cm³/mol. The van der Waals surface area contributed by atoms with Crippen molar-refractivity contribution >= 4 is 16.7 Å². The first-order valence-corrected chi connectivity index (χ1v) is 4.42. The van der Waals surface area contributed by atoms with E-state index >= 15 is 0 Å². The molecule has 0 atom stereocenters. The number of benzene rings is 1. The molecule has 0 radical (unpaired) electrons. The molecule has 0 amide bonds. The van der Waals surface area contributed by atoms with E-state index in [0.717, 1.165) is 10.8 Å². The van der Waals surface area contributed by atoms with Crippen molar-refractivity contribution in [3.05, 3.63) is 47.4 Å². The molecule has 0 fully saturated rings. The Morgan fingerprint density at radius 3 is 2.80 bits per heavy atom. The van der Waals surface area contributed by atoms with Gasteiger partial charge < -0.3 is 9.94 Å². The van der Waals surface area contributed by atoms with Gasteiger partial charge >= 0.3 is 5.97 Å². The highest BCUT2D eigenvalue weighted by atomic mass is 16.5. The molecule has 0 saturated carbocycles. The summed E-state index contributed by atoms with van der Waals surface area (Å²) in [6.45, 7) is 0. The second kappa shape index (κ2) is 3.57. The smallest absolute Gasteiger partial charge is 0.344 e. The van der Waals surface area contributed by atoms with Crippen LogP contribution < -0.4 is 4.73 Å². The lowest BCUT2D eigenvalue weighted by Gasteiger charge is -2.04. The number of fused-ring (bicyclic) bond motifs is 1. The van der Waals surface area contributed by atoms with Crippen molar-refractivity contribution in [2.24, 2.45) is 0 Å². The van der Waals surface area contributed by atoms with Crippen molar-refractivity contribution in [1.29, 1.82) is 0 Å². The first kappa shape index (κ1) is 9.45. The van der Waals surface area contributed by atoms with Gasteiger partial charge in [-0.1, -0.05) is 18.2 Å². The summed E-state index contributed by atoms with van der Waals surface area (Å²) in [4.78, 5) is 11.4. The molecule has 1 heterocycles. The van der Waals surface area contributed by atoms with Crippen LogP contribution in [0.2, 0.25) is 0 Å². The Kier molecular flexibility index (Phi) is 2.25. The van der Waals surface area contributed by atoms with Crippen LogP contribution in [0.3, 0.4) is 0 Å². The Morgan fingerprint density at radius 2 is 2.07 bits per heavy atom. The van der Waals surface area contributed by atoms with Gasteiger partial charge in [0.2, 0.25) is 0 Å². The monoisotopic (exact) mass is 203 g/mol. The largest absolute Gasteiger partial charge is 0.619 e. The molecule has 0 spiro atoms. The van der Waals surface area contributed by atoms with Gasteiger partial charge in [0.25, 0.3) is 0 Å². The molecule has 0 aliphatic heterocycles. The van der Waals surface area contributed by atoms with Crippen LogP contribution in [0.25, 0.3) is 10.8 Å². The number of nitrogens with zero attached hydrogens (tertiary/aromatic N) is 1. The molecule has 1 aromatic carbocycles. The Bertz CT molecular complexity index is 522. The zero-order valence-corrected chi connectivity index (χ0v) is 8.14. The quantitative estimate of drug-likeness (QED) is 0.398. The van der Waals surface area contributed by atoms with Crippen LogP contribution in [-0.2, 0) is 4.74 Å². The molecule has 15 heavy (non-hydrogen) atoms. The molecule has 4 nitrogen and oxygen atoms in total. The van der Waals surface area contributed by atoms with Crippen molar-refractivity contribution in [3.8, 4) is 0 Å². The molecule has 2 rings (SSSR count). The zero-order valence-electron chi connectivity index (χ0n) is 8.14. The van der Waals surface area contributed by atoms with E-state index in [2.05, 4.69) is 4.74 Å². The minimum atomic E-state index is -0.503. The van der Waals surface area contributed by atoms with E-state index in [1.165, 1.54) is 19.5 Å². The van der Waals surface area contributed by atoms with Crippen LogP contribution >= 0.6 is 0 Å². The van der Waals surface area contributed by atoms with Crippen LogP contribution in [0.5, 0.6) is 0 Å². The Labute approximate surface area is 86.3 Å². The molecule has 76 valence electrons. The normalized spacial score (nSPS) is 10.2. The number of ether oxygens (including phenoxy) is 1. The van der Waals surface area contributed by atoms with E-state index in [9.17, 15) is 10.0 Å². The minimum absolute atomic E-state index is 0.283. The van der Waals surface area contributed by atoms with Gasteiger partial charge in [-0.05, 0) is 6.07 Å². The summed E-state index contributed by atoms with van der Waals surface area (Å²) in [5.74, 6) is -0.503. The van der Waals surface area contributed by atoms with E-state index < -0.39 is 5.97 Å². The first-order valence-electron chi connectivity index (χ1n) is 4.42. The third-order valence-corrected chi connectivity index (χ3v) is 2.18. The molecule has 2 aromatic rings. The number of aromatic nitrogens is 1. The highest BCUT2D eigenvalue weighted by Gasteiger charge is 2.14. The standard InChI is InChI=1S/C11H9NO3/c1-15-11(13)10-7-12(14)6-8-4-2-3-5-9(8)10/h2-7H,1H3. The number of methoxy groups -OCH3 is 1. The summed E-state index contributed by atoms with van der Waals surface area (Å²) >= 11 is 0. The maximum Gasteiger partial charge on any atom is 0.344 e. The number of carbonyl (C=O) groups excluding carboxylic acids is 1. The van der Waals surface area contributed by atoms with E-state index in [1.807, 2.05) is 12.1 Å². The zero-order chi connectivity index (χ0) is 10.8. The second-order valence-corrected chi connectivity index (χ2v) is 3.11. The average molecular weight is 203 g/mol. The number of rotatable bonds is 1. The predicted octanol–water partition coefficient (Wildman–Crippen LogP) is 1.26. The Morgan fingerprint density at radius 1 is 1.33 bits per heavy atom. The summed E-state index contributed by atoms with van der Waals surface area (Å²) in [6.07, 6.45) is 2.63. The maximum absolute atomic E-state index is 11.4. The summed E-state index contributed by atoms with van der Waals surface area (Å²) < 4.78 is 5.21. The van der Waals surface area contributed by atoms with Crippen LogP contribution in [0.4, 0.5) is 0 Å². The number of hydrogen-bond donors (Lipinski definition) is 0. The van der Waals surface area contributed by atoms with Crippen LogP contribution in [0, 0.1) is 5.21 Å². The molecule has 0 aliphatic carbocycles. The Hall–Kier alpha value is -2.10. The highest BCUT2D eigenvalue weighted by Crippen LogP contribution is 2.16. The van der Waals surface area contributed by atoms with Crippen molar-refractivity contribution in [3.63, 3.8) is 0 Å². The fourth-order valence-electron chi connectivity index (χ4n) is 1.50. The third kappa shape index (κ3) is 1.61. The fourth-order valence-corrected chi connectivity index (χ4v) is 1.50.